The molecule has 1 fully saturated rings. The van der Waals surface area contributed by atoms with E-state index in [-0.39, 0.29) is 0 Å². The van der Waals surface area contributed by atoms with Crippen LogP contribution in [0, 0.1) is 6.92 Å². The van der Waals surface area contributed by atoms with E-state index in [9.17, 15) is 0 Å². The second-order valence-electron chi connectivity index (χ2n) is 5.51. The topological polar surface area (TPSA) is 37.8 Å². The van der Waals surface area contributed by atoms with Crippen LogP contribution in [-0.2, 0) is 0 Å². The van der Waals surface area contributed by atoms with Crippen LogP contribution in [0.2, 0.25) is 0 Å². The predicted molar refractivity (Wildman–Crippen MR) is 79.4 cm³/mol. The van der Waals surface area contributed by atoms with Gasteiger partial charge in [-0.05, 0) is 38.0 Å². The fraction of sp³-hybridized carbons (Fsp3) is 0.714. The SMILES string of the molecule is CSC1(CNc2nc(C)cc(C(C)C)n2)CCC1. The van der Waals surface area contributed by atoms with Gasteiger partial charge in [-0.2, -0.15) is 11.8 Å². The lowest BCUT2D eigenvalue weighted by molar-refractivity contribution is 0.379. The van der Waals surface area contributed by atoms with Crippen LogP contribution in [0.25, 0.3) is 0 Å². The van der Waals surface area contributed by atoms with E-state index in [1.165, 1.54) is 19.3 Å². The van der Waals surface area contributed by atoms with Gasteiger partial charge in [-0.1, -0.05) is 20.3 Å². The molecule has 100 valence electrons. The molecule has 0 amide bonds. The van der Waals surface area contributed by atoms with Gasteiger partial charge in [0.15, 0.2) is 0 Å². The number of hydrogen-bond donors (Lipinski definition) is 1. The van der Waals surface area contributed by atoms with Crippen molar-refractivity contribution in [3.63, 3.8) is 0 Å². The quantitative estimate of drug-likeness (QED) is 0.882. The molecule has 4 heteroatoms. The van der Waals surface area contributed by atoms with Crippen molar-refractivity contribution in [1.29, 1.82) is 0 Å². The van der Waals surface area contributed by atoms with Crippen molar-refractivity contribution in [2.75, 3.05) is 18.1 Å². The van der Waals surface area contributed by atoms with Crippen molar-refractivity contribution in [1.82, 2.24) is 9.97 Å². The Morgan fingerprint density at radius 2 is 2.11 bits per heavy atom. The summed E-state index contributed by atoms with van der Waals surface area (Å²) < 4.78 is 0.422. The summed E-state index contributed by atoms with van der Waals surface area (Å²) in [6.45, 7) is 7.35. The molecule has 1 N–H and O–H groups in total. The van der Waals surface area contributed by atoms with Gasteiger partial charge in [0.2, 0.25) is 5.95 Å². The van der Waals surface area contributed by atoms with Gasteiger partial charge in [0.1, 0.15) is 0 Å². The maximum Gasteiger partial charge on any atom is 0.223 e. The Kier molecular flexibility index (Phi) is 4.15. The third-order valence-electron chi connectivity index (χ3n) is 3.73. The molecule has 0 radical (unpaired) electrons. The van der Waals surface area contributed by atoms with Crippen molar-refractivity contribution < 1.29 is 0 Å². The van der Waals surface area contributed by atoms with Gasteiger partial charge < -0.3 is 5.32 Å². The zero-order valence-corrected chi connectivity index (χ0v) is 12.6. The molecular weight excluding hydrogens is 242 g/mol. The molecule has 0 spiro atoms. The molecule has 0 aromatic carbocycles. The van der Waals surface area contributed by atoms with Gasteiger partial charge in [-0.3, -0.25) is 0 Å². The molecule has 18 heavy (non-hydrogen) atoms. The molecule has 0 aliphatic heterocycles. The van der Waals surface area contributed by atoms with Crippen molar-refractivity contribution in [2.24, 2.45) is 0 Å². The summed E-state index contributed by atoms with van der Waals surface area (Å²) in [5, 5.41) is 3.43. The summed E-state index contributed by atoms with van der Waals surface area (Å²) in [4.78, 5) is 9.08. The molecule has 0 atom stereocenters. The van der Waals surface area contributed by atoms with Crippen LogP contribution in [0.3, 0.4) is 0 Å². The van der Waals surface area contributed by atoms with Gasteiger partial charge >= 0.3 is 0 Å². The minimum atomic E-state index is 0.422. The molecular formula is C14H23N3S. The number of nitrogens with zero attached hydrogens (tertiary/aromatic N) is 2. The summed E-state index contributed by atoms with van der Waals surface area (Å²) in [7, 11) is 0. The lowest BCUT2D eigenvalue weighted by Gasteiger charge is -2.40. The smallest absolute Gasteiger partial charge is 0.223 e. The van der Waals surface area contributed by atoms with Gasteiger partial charge in [-0.25, -0.2) is 9.97 Å². The van der Waals surface area contributed by atoms with Gasteiger partial charge in [-0.15, -0.1) is 0 Å². The summed E-state index contributed by atoms with van der Waals surface area (Å²) in [6.07, 6.45) is 6.18. The first kappa shape index (κ1) is 13.7. The standard InChI is InChI=1S/C14H23N3S/c1-10(2)12-8-11(3)16-13(17-12)15-9-14(18-4)6-5-7-14/h8,10H,5-7,9H2,1-4H3,(H,15,16,17). The first-order valence-corrected chi connectivity index (χ1v) is 7.92. The molecule has 1 aromatic heterocycles. The maximum absolute atomic E-state index is 4.60. The molecule has 2 rings (SSSR count). The number of hydrogen-bond acceptors (Lipinski definition) is 4. The normalized spacial score (nSPS) is 17.6. The Balaban J connectivity index is 2.05. The van der Waals surface area contributed by atoms with Gasteiger partial charge in [0.25, 0.3) is 0 Å². The summed E-state index contributed by atoms with van der Waals surface area (Å²) in [5.41, 5.74) is 2.17. The number of thioether (sulfide) groups is 1. The van der Waals surface area contributed by atoms with Crippen molar-refractivity contribution in [3.8, 4) is 0 Å². The van der Waals surface area contributed by atoms with E-state index < -0.39 is 0 Å². The highest BCUT2D eigenvalue weighted by Crippen LogP contribution is 2.42. The fourth-order valence-electron chi connectivity index (χ4n) is 2.23. The molecule has 1 saturated carbocycles. The minimum absolute atomic E-state index is 0.422. The Labute approximate surface area is 114 Å². The monoisotopic (exact) mass is 265 g/mol. The van der Waals surface area contributed by atoms with E-state index in [2.05, 4.69) is 41.5 Å². The van der Waals surface area contributed by atoms with E-state index in [1.54, 1.807) is 0 Å². The third-order valence-corrected chi connectivity index (χ3v) is 5.15. The lowest BCUT2D eigenvalue weighted by Crippen LogP contribution is -2.40. The maximum atomic E-state index is 4.60. The van der Waals surface area contributed by atoms with Crippen LogP contribution in [0.5, 0.6) is 0 Å². The van der Waals surface area contributed by atoms with E-state index >= 15 is 0 Å². The first-order chi connectivity index (χ1) is 8.54. The van der Waals surface area contributed by atoms with Crippen LogP contribution in [0.1, 0.15) is 50.4 Å². The molecule has 1 aliphatic carbocycles. The molecule has 1 aliphatic rings. The second-order valence-corrected chi connectivity index (χ2v) is 6.78. The van der Waals surface area contributed by atoms with Crippen molar-refractivity contribution >= 4 is 17.7 Å². The largest absolute Gasteiger partial charge is 0.353 e. The van der Waals surface area contributed by atoms with E-state index in [4.69, 9.17) is 0 Å². The zero-order valence-electron chi connectivity index (χ0n) is 11.8. The number of anilines is 1. The highest BCUT2D eigenvalue weighted by molar-refractivity contribution is 8.00. The van der Waals surface area contributed by atoms with E-state index in [0.29, 0.717) is 10.7 Å². The average Bonchev–Trinajstić information content (AvgIpc) is 2.27. The molecule has 1 aromatic rings. The molecule has 0 saturated heterocycles. The van der Waals surface area contributed by atoms with Gasteiger partial charge in [0, 0.05) is 22.7 Å². The first-order valence-electron chi connectivity index (χ1n) is 6.69. The van der Waals surface area contributed by atoms with E-state index in [0.717, 1.165) is 23.9 Å². The fourth-order valence-corrected chi connectivity index (χ4v) is 3.15. The molecule has 0 unspecified atom stereocenters. The number of nitrogens with one attached hydrogen (secondary N) is 1. The van der Waals surface area contributed by atoms with E-state index in [1.807, 2.05) is 18.7 Å². The third kappa shape index (κ3) is 2.97. The molecule has 1 heterocycles. The summed E-state index contributed by atoms with van der Waals surface area (Å²) in [6, 6.07) is 2.07. The number of aromatic nitrogens is 2. The Bertz CT molecular complexity index is 408. The zero-order chi connectivity index (χ0) is 13.2. The Morgan fingerprint density at radius 1 is 1.39 bits per heavy atom. The number of aryl methyl sites for hydroxylation is 1. The summed E-state index contributed by atoms with van der Waals surface area (Å²) in [5.74, 6) is 1.24. The highest BCUT2D eigenvalue weighted by atomic mass is 32.2. The van der Waals surface area contributed by atoms with Crippen molar-refractivity contribution in [2.45, 2.75) is 50.7 Å². The van der Waals surface area contributed by atoms with Gasteiger partial charge in [0.05, 0.1) is 0 Å². The minimum Gasteiger partial charge on any atom is -0.353 e. The second kappa shape index (κ2) is 5.47. The van der Waals surface area contributed by atoms with Crippen molar-refractivity contribution in [3.05, 3.63) is 17.5 Å². The van der Waals surface area contributed by atoms with Crippen LogP contribution < -0.4 is 5.32 Å². The van der Waals surface area contributed by atoms with Crippen LogP contribution in [0.4, 0.5) is 5.95 Å². The molecule has 3 nitrogen and oxygen atoms in total. The van der Waals surface area contributed by atoms with Crippen LogP contribution in [0.15, 0.2) is 6.07 Å². The Hall–Kier alpha value is -0.770. The summed E-state index contributed by atoms with van der Waals surface area (Å²) >= 11 is 1.97. The van der Waals surface area contributed by atoms with Crippen LogP contribution in [-0.4, -0.2) is 27.5 Å². The molecule has 0 bridgehead atoms. The van der Waals surface area contributed by atoms with Crippen LogP contribution >= 0.6 is 11.8 Å². The lowest BCUT2D eigenvalue weighted by atomic mass is 9.84. The highest BCUT2D eigenvalue weighted by Gasteiger charge is 2.35. The number of rotatable bonds is 5. The average molecular weight is 265 g/mol. The predicted octanol–water partition coefficient (Wildman–Crippen LogP) is 3.61. The Morgan fingerprint density at radius 3 is 2.61 bits per heavy atom.